The molecule has 4 rings (SSSR count). The fraction of sp³-hybridized carbons (Fsp3) is 0.824. The van der Waals surface area contributed by atoms with Crippen LogP contribution < -0.4 is 11.1 Å². The van der Waals surface area contributed by atoms with Crippen LogP contribution in [0.1, 0.15) is 56.2 Å². The highest BCUT2D eigenvalue weighted by atomic mass is 15.3. The van der Waals surface area contributed by atoms with Crippen LogP contribution in [0.15, 0.2) is 6.20 Å². The summed E-state index contributed by atoms with van der Waals surface area (Å²) in [4.78, 5) is 2.42. The Bertz CT molecular complexity index is 507. The lowest BCUT2D eigenvalue weighted by Crippen LogP contribution is -2.36. The number of nitrogens with one attached hydrogen (secondary N) is 1. The van der Waals surface area contributed by atoms with E-state index in [4.69, 9.17) is 10.8 Å². The lowest BCUT2D eigenvalue weighted by molar-refractivity contribution is 0.189. The molecule has 0 amide bonds. The van der Waals surface area contributed by atoms with Crippen molar-refractivity contribution in [3.8, 4) is 0 Å². The van der Waals surface area contributed by atoms with Crippen LogP contribution in [0.2, 0.25) is 0 Å². The molecule has 3 N–H and O–H groups in total. The summed E-state index contributed by atoms with van der Waals surface area (Å²) in [5.41, 5.74) is 8.40. The first-order valence-electron chi connectivity index (χ1n) is 8.97. The molecule has 122 valence electrons. The summed E-state index contributed by atoms with van der Waals surface area (Å²) in [6.45, 7) is 3.23. The maximum atomic E-state index is 5.76. The Hall–Kier alpha value is -1.07. The fourth-order valence-electron chi connectivity index (χ4n) is 3.84. The number of hydrogen-bond donors (Lipinski definition) is 2. The highest BCUT2D eigenvalue weighted by Crippen LogP contribution is 2.45. The predicted octanol–water partition coefficient (Wildman–Crippen LogP) is 2.18. The van der Waals surface area contributed by atoms with Crippen LogP contribution in [-0.2, 0) is 0 Å². The molecule has 5 heteroatoms. The number of aromatic nitrogens is 2. The third-order valence-electron chi connectivity index (χ3n) is 5.72. The quantitative estimate of drug-likeness (QED) is 0.875. The van der Waals surface area contributed by atoms with E-state index in [1.807, 2.05) is 0 Å². The van der Waals surface area contributed by atoms with Crippen molar-refractivity contribution < 1.29 is 0 Å². The Morgan fingerprint density at radius 3 is 2.59 bits per heavy atom. The molecule has 0 radical (unpaired) electrons. The van der Waals surface area contributed by atoms with Crippen LogP contribution >= 0.6 is 0 Å². The molecule has 0 bridgehead atoms. The van der Waals surface area contributed by atoms with Gasteiger partial charge in [0.1, 0.15) is 0 Å². The van der Waals surface area contributed by atoms with Crippen LogP contribution in [-0.4, -0.2) is 47.4 Å². The molecule has 0 spiro atoms. The van der Waals surface area contributed by atoms with Gasteiger partial charge in [0.05, 0.1) is 17.4 Å². The first-order valence-corrected chi connectivity index (χ1v) is 8.97. The zero-order chi connectivity index (χ0) is 15.1. The van der Waals surface area contributed by atoms with Crippen molar-refractivity contribution in [2.45, 2.75) is 56.5 Å². The van der Waals surface area contributed by atoms with Gasteiger partial charge in [0, 0.05) is 18.2 Å². The van der Waals surface area contributed by atoms with Gasteiger partial charge in [0.25, 0.3) is 0 Å². The van der Waals surface area contributed by atoms with Crippen molar-refractivity contribution in [2.75, 3.05) is 32.0 Å². The standard InChI is InChI=1S/C17H29N5/c1-21-6-4-14(5-7-21)19-16-11-22(15-8-12(9-15)10-18)20-17(16)13-2-3-13/h11-15,19H,2-10,18H2,1H3. The number of hydrogen-bond acceptors (Lipinski definition) is 4. The van der Waals surface area contributed by atoms with E-state index in [1.165, 1.54) is 63.0 Å². The predicted molar refractivity (Wildman–Crippen MR) is 89.2 cm³/mol. The molecule has 0 aromatic carbocycles. The average molecular weight is 303 g/mol. The summed E-state index contributed by atoms with van der Waals surface area (Å²) in [6, 6.07) is 1.20. The molecule has 0 unspecified atom stereocenters. The summed E-state index contributed by atoms with van der Waals surface area (Å²) in [6.07, 6.45) is 9.80. The first kappa shape index (κ1) is 14.5. The Morgan fingerprint density at radius 2 is 1.95 bits per heavy atom. The van der Waals surface area contributed by atoms with Crippen molar-refractivity contribution in [1.29, 1.82) is 0 Å². The number of nitrogens with two attached hydrogens (primary N) is 1. The Morgan fingerprint density at radius 1 is 1.23 bits per heavy atom. The minimum atomic E-state index is 0.582. The Balaban J connectivity index is 1.45. The molecule has 3 fully saturated rings. The van der Waals surface area contributed by atoms with Crippen LogP contribution in [0.25, 0.3) is 0 Å². The van der Waals surface area contributed by atoms with E-state index in [-0.39, 0.29) is 0 Å². The molecular weight excluding hydrogens is 274 g/mol. The molecule has 1 aromatic heterocycles. The molecule has 2 heterocycles. The van der Waals surface area contributed by atoms with Gasteiger partial charge in [0.2, 0.25) is 0 Å². The number of likely N-dealkylation sites (tertiary alicyclic amines) is 1. The van der Waals surface area contributed by atoms with Crippen molar-refractivity contribution in [3.63, 3.8) is 0 Å². The van der Waals surface area contributed by atoms with Gasteiger partial charge < -0.3 is 16.0 Å². The largest absolute Gasteiger partial charge is 0.379 e. The molecule has 1 saturated heterocycles. The molecular formula is C17H29N5. The summed E-state index contributed by atoms with van der Waals surface area (Å²) >= 11 is 0. The van der Waals surface area contributed by atoms with Crippen molar-refractivity contribution in [1.82, 2.24) is 14.7 Å². The van der Waals surface area contributed by atoms with E-state index >= 15 is 0 Å². The maximum Gasteiger partial charge on any atom is 0.0886 e. The normalized spacial score (nSPS) is 30.3. The van der Waals surface area contributed by atoms with Crippen LogP contribution in [0.4, 0.5) is 5.69 Å². The fourth-order valence-corrected chi connectivity index (χ4v) is 3.84. The van der Waals surface area contributed by atoms with Gasteiger partial charge in [-0.15, -0.1) is 0 Å². The van der Waals surface area contributed by atoms with Crippen molar-refractivity contribution in [2.24, 2.45) is 11.7 Å². The first-order chi connectivity index (χ1) is 10.7. The molecule has 1 aliphatic heterocycles. The van der Waals surface area contributed by atoms with Gasteiger partial charge >= 0.3 is 0 Å². The zero-order valence-electron chi connectivity index (χ0n) is 13.7. The van der Waals surface area contributed by atoms with Gasteiger partial charge in [0.15, 0.2) is 0 Å². The third kappa shape index (κ3) is 2.88. The van der Waals surface area contributed by atoms with Gasteiger partial charge in [-0.25, -0.2) is 0 Å². The average Bonchev–Trinajstić information content (AvgIpc) is 3.23. The van der Waals surface area contributed by atoms with E-state index in [2.05, 4.69) is 28.1 Å². The van der Waals surface area contributed by atoms with Gasteiger partial charge in [-0.3, -0.25) is 4.68 Å². The summed E-state index contributed by atoms with van der Waals surface area (Å²) in [5, 5.41) is 8.75. The number of nitrogens with zero attached hydrogens (tertiary/aromatic N) is 3. The molecule has 0 atom stereocenters. The molecule has 22 heavy (non-hydrogen) atoms. The van der Waals surface area contributed by atoms with E-state index in [0.717, 1.165) is 6.54 Å². The van der Waals surface area contributed by atoms with Gasteiger partial charge in [-0.1, -0.05) is 0 Å². The SMILES string of the molecule is CN1CCC(Nc2cn(C3CC(CN)C3)nc2C2CC2)CC1. The monoisotopic (exact) mass is 303 g/mol. The number of anilines is 1. The summed E-state index contributed by atoms with van der Waals surface area (Å²) in [7, 11) is 2.22. The number of piperidine rings is 1. The van der Waals surface area contributed by atoms with E-state index in [0.29, 0.717) is 23.9 Å². The molecule has 2 aliphatic carbocycles. The van der Waals surface area contributed by atoms with Crippen LogP contribution in [0.5, 0.6) is 0 Å². The Labute approximate surface area is 133 Å². The van der Waals surface area contributed by atoms with Crippen molar-refractivity contribution in [3.05, 3.63) is 11.9 Å². The Kier molecular flexibility index (Phi) is 3.86. The van der Waals surface area contributed by atoms with Gasteiger partial charge in [-0.2, -0.15) is 5.10 Å². The minimum Gasteiger partial charge on any atom is -0.379 e. The van der Waals surface area contributed by atoms with E-state index in [9.17, 15) is 0 Å². The number of rotatable bonds is 5. The topological polar surface area (TPSA) is 59.1 Å². The third-order valence-corrected chi connectivity index (χ3v) is 5.72. The lowest BCUT2D eigenvalue weighted by Gasteiger charge is -2.34. The molecule has 5 nitrogen and oxygen atoms in total. The van der Waals surface area contributed by atoms with Crippen molar-refractivity contribution >= 4 is 5.69 Å². The molecule has 3 aliphatic rings. The lowest BCUT2D eigenvalue weighted by atomic mass is 9.80. The second-order valence-electron chi connectivity index (χ2n) is 7.63. The summed E-state index contributed by atoms with van der Waals surface area (Å²) in [5.74, 6) is 1.42. The van der Waals surface area contributed by atoms with E-state index in [1.54, 1.807) is 0 Å². The molecule has 1 aromatic rings. The molecule has 2 saturated carbocycles. The highest BCUT2D eigenvalue weighted by molar-refractivity contribution is 5.50. The zero-order valence-corrected chi connectivity index (χ0v) is 13.7. The van der Waals surface area contributed by atoms with Crippen LogP contribution in [0, 0.1) is 5.92 Å². The smallest absolute Gasteiger partial charge is 0.0886 e. The maximum absolute atomic E-state index is 5.76. The van der Waals surface area contributed by atoms with Gasteiger partial charge in [-0.05, 0) is 71.1 Å². The second kappa shape index (κ2) is 5.85. The second-order valence-corrected chi connectivity index (χ2v) is 7.63. The minimum absolute atomic E-state index is 0.582. The van der Waals surface area contributed by atoms with E-state index < -0.39 is 0 Å². The van der Waals surface area contributed by atoms with Crippen LogP contribution in [0.3, 0.4) is 0 Å². The summed E-state index contributed by atoms with van der Waals surface area (Å²) < 4.78 is 2.23. The highest BCUT2D eigenvalue weighted by Gasteiger charge is 2.34.